The smallest absolute Gasteiger partial charge is 0.150 e. The van der Waals surface area contributed by atoms with E-state index in [1.807, 2.05) is 36.1 Å². The lowest BCUT2D eigenvalue weighted by Crippen LogP contribution is -2.45. The Kier molecular flexibility index (Phi) is 4.38. The van der Waals surface area contributed by atoms with Gasteiger partial charge in [0.05, 0.1) is 18.4 Å². The van der Waals surface area contributed by atoms with Crippen LogP contribution in [0.3, 0.4) is 0 Å². The molecular weight excluding hydrogens is 331 g/mol. The van der Waals surface area contributed by atoms with Crippen LogP contribution in [-0.2, 0) is 7.05 Å². The highest BCUT2D eigenvalue weighted by molar-refractivity contribution is 5.86. The van der Waals surface area contributed by atoms with Gasteiger partial charge >= 0.3 is 0 Å². The third-order valence-corrected chi connectivity index (χ3v) is 4.83. The third kappa shape index (κ3) is 2.94. The average molecular weight is 354 g/mol. The zero-order valence-electron chi connectivity index (χ0n) is 14.8. The van der Waals surface area contributed by atoms with Crippen molar-refractivity contribution >= 4 is 17.2 Å². The molecular formula is C19H23FN6. The number of nitrogens with zero attached hydrogens (tertiary/aromatic N) is 4. The van der Waals surface area contributed by atoms with E-state index in [2.05, 4.69) is 20.2 Å². The Bertz CT molecular complexity index is 863. The Morgan fingerprint density at radius 3 is 2.69 bits per heavy atom. The second-order valence-electron chi connectivity index (χ2n) is 6.57. The SMILES string of the molecule is Cn1ncc(N2CC(N)=CC=C2c2ccccc2F)c1N1CCNCC1. The van der Waals surface area contributed by atoms with E-state index < -0.39 is 0 Å². The van der Waals surface area contributed by atoms with Crippen molar-refractivity contribution in [3.8, 4) is 0 Å². The zero-order chi connectivity index (χ0) is 18.1. The van der Waals surface area contributed by atoms with Crippen molar-refractivity contribution in [3.05, 3.63) is 59.7 Å². The fourth-order valence-electron chi connectivity index (χ4n) is 3.57. The van der Waals surface area contributed by atoms with Gasteiger partial charge in [-0.1, -0.05) is 12.1 Å². The molecule has 0 spiro atoms. The van der Waals surface area contributed by atoms with Gasteiger partial charge in [-0.25, -0.2) is 4.39 Å². The van der Waals surface area contributed by atoms with Crippen molar-refractivity contribution in [2.75, 3.05) is 42.5 Å². The first-order valence-corrected chi connectivity index (χ1v) is 8.81. The largest absolute Gasteiger partial charge is 0.401 e. The summed E-state index contributed by atoms with van der Waals surface area (Å²) >= 11 is 0. The molecule has 0 saturated carbocycles. The lowest BCUT2D eigenvalue weighted by molar-refractivity contribution is 0.572. The topological polar surface area (TPSA) is 62.4 Å². The minimum absolute atomic E-state index is 0.245. The second kappa shape index (κ2) is 6.84. The molecule has 2 aliphatic heterocycles. The molecule has 0 bridgehead atoms. The van der Waals surface area contributed by atoms with Crippen LogP contribution < -0.4 is 20.9 Å². The van der Waals surface area contributed by atoms with E-state index in [-0.39, 0.29) is 5.82 Å². The molecule has 0 aliphatic carbocycles. The van der Waals surface area contributed by atoms with Crippen LogP contribution in [0.25, 0.3) is 5.70 Å². The summed E-state index contributed by atoms with van der Waals surface area (Å²) in [5.41, 5.74) is 9.14. The number of nitrogens with one attached hydrogen (secondary N) is 1. The van der Waals surface area contributed by atoms with E-state index in [0.29, 0.717) is 12.1 Å². The maximum atomic E-state index is 14.5. The Morgan fingerprint density at radius 1 is 1.15 bits per heavy atom. The average Bonchev–Trinajstić information content (AvgIpc) is 3.04. The predicted molar refractivity (Wildman–Crippen MR) is 102 cm³/mol. The van der Waals surface area contributed by atoms with Crippen LogP contribution in [0.5, 0.6) is 0 Å². The van der Waals surface area contributed by atoms with E-state index in [1.165, 1.54) is 6.07 Å². The lowest BCUT2D eigenvalue weighted by atomic mass is 10.1. The number of hydrogen-bond acceptors (Lipinski definition) is 5. The highest BCUT2D eigenvalue weighted by Crippen LogP contribution is 2.36. The van der Waals surface area contributed by atoms with E-state index >= 15 is 0 Å². The van der Waals surface area contributed by atoms with E-state index in [4.69, 9.17) is 5.73 Å². The van der Waals surface area contributed by atoms with Gasteiger partial charge in [-0.05, 0) is 24.3 Å². The first-order chi connectivity index (χ1) is 12.6. The maximum Gasteiger partial charge on any atom is 0.150 e. The number of nitrogens with two attached hydrogens (primary N) is 1. The number of hydrogen-bond donors (Lipinski definition) is 2. The van der Waals surface area contributed by atoms with Crippen molar-refractivity contribution < 1.29 is 4.39 Å². The number of halogens is 1. The monoisotopic (exact) mass is 354 g/mol. The number of rotatable bonds is 3. The van der Waals surface area contributed by atoms with E-state index in [0.717, 1.165) is 49.1 Å². The summed E-state index contributed by atoms with van der Waals surface area (Å²) < 4.78 is 16.3. The van der Waals surface area contributed by atoms with Crippen LogP contribution in [0.4, 0.5) is 15.9 Å². The molecule has 7 heteroatoms. The summed E-state index contributed by atoms with van der Waals surface area (Å²) in [4.78, 5) is 4.37. The number of aromatic nitrogens is 2. The highest BCUT2D eigenvalue weighted by Gasteiger charge is 2.27. The maximum absolute atomic E-state index is 14.5. The first-order valence-electron chi connectivity index (χ1n) is 8.81. The normalized spacial score (nSPS) is 17.9. The Hall–Kier alpha value is -2.80. The molecule has 1 aromatic heterocycles. The minimum atomic E-state index is -0.245. The number of piperazine rings is 1. The van der Waals surface area contributed by atoms with Gasteiger partial charge in [0.2, 0.25) is 0 Å². The van der Waals surface area contributed by atoms with Gasteiger partial charge in [0.25, 0.3) is 0 Å². The van der Waals surface area contributed by atoms with Crippen LogP contribution in [-0.4, -0.2) is 42.5 Å². The van der Waals surface area contributed by atoms with Crippen molar-refractivity contribution in [2.24, 2.45) is 12.8 Å². The van der Waals surface area contributed by atoms with Gasteiger partial charge in [0.15, 0.2) is 5.82 Å². The molecule has 2 aromatic rings. The van der Waals surface area contributed by atoms with Gasteiger partial charge in [-0.15, -0.1) is 0 Å². The molecule has 0 unspecified atom stereocenters. The number of aryl methyl sites for hydroxylation is 1. The first kappa shape index (κ1) is 16.7. The molecule has 0 radical (unpaired) electrons. The second-order valence-corrected chi connectivity index (χ2v) is 6.57. The Balaban J connectivity index is 1.78. The van der Waals surface area contributed by atoms with Crippen molar-refractivity contribution in [1.29, 1.82) is 0 Å². The summed E-state index contributed by atoms with van der Waals surface area (Å²) in [5.74, 6) is 0.786. The van der Waals surface area contributed by atoms with Crippen LogP contribution in [0.2, 0.25) is 0 Å². The molecule has 2 aliphatic rings. The Morgan fingerprint density at radius 2 is 1.92 bits per heavy atom. The summed E-state index contributed by atoms with van der Waals surface area (Å²) in [6.45, 7) is 4.19. The fraction of sp³-hybridized carbons (Fsp3) is 0.316. The minimum Gasteiger partial charge on any atom is -0.401 e. The molecule has 3 heterocycles. The molecule has 1 aromatic carbocycles. The van der Waals surface area contributed by atoms with Gasteiger partial charge in [-0.3, -0.25) is 4.68 Å². The van der Waals surface area contributed by atoms with Crippen molar-refractivity contribution in [2.45, 2.75) is 0 Å². The number of anilines is 2. The summed E-state index contributed by atoms with van der Waals surface area (Å²) in [6.07, 6.45) is 5.57. The molecule has 4 rings (SSSR count). The van der Waals surface area contributed by atoms with E-state index in [9.17, 15) is 4.39 Å². The Labute approximate surface area is 152 Å². The van der Waals surface area contributed by atoms with Crippen LogP contribution in [0.15, 0.2) is 48.3 Å². The quantitative estimate of drug-likeness (QED) is 0.878. The van der Waals surface area contributed by atoms with E-state index in [1.54, 1.807) is 12.1 Å². The summed E-state index contributed by atoms with van der Waals surface area (Å²) in [7, 11) is 1.94. The van der Waals surface area contributed by atoms with Crippen LogP contribution >= 0.6 is 0 Å². The number of allylic oxidation sites excluding steroid dienone is 2. The molecule has 3 N–H and O–H groups in total. The molecule has 26 heavy (non-hydrogen) atoms. The molecule has 0 amide bonds. The highest BCUT2D eigenvalue weighted by atomic mass is 19.1. The number of benzene rings is 1. The molecule has 1 saturated heterocycles. The standard InChI is InChI=1S/C19H23FN6/c1-24-19(25-10-8-22-9-11-25)18(12-23-24)26-13-14(21)6-7-17(26)15-4-2-3-5-16(15)20/h2-7,12,22H,8-11,13,21H2,1H3. The van der Waals surface area contributed by atoms with Gasteiger partial charge in [0.1, 0.15) is 11.5 Å². The fourth-order valence-corrected chi connectivity index (χ4v) is 3.57. The van der Waals surface area contributed by atoms with Crippen LogP contribution in [0, 0.1) is 5.82 Å². The van der Waals surface area contributed by atoms with Gasteiger partial charge in [0, 0.05) is 44.5 Å². The summed E-state index contributed by atoms with van der Waals surface area (Å²) in [6, 6.07) is 6.83. The van der Waals surface area contributed by atoms with Crippen LogP contribution in [0.1, 0.15) is 5.56 Å². The molecule has 6 nitrogen and oxygen atoms in total. The third-order valence-electron chi connectivity index (χ3n) is 4.83. The van der Waals surface area contributed by atoms with Crippen molar-refractivity contribution in [1.82, 2.24) is 15.1 Å². The molecule has 136 valence electrons. The lowest BCUT2D eigenvalue weighted by Gasteiger charge is -2.35. The van der Waals surface area contributed by atoms with Gasteiger partial charge in [-0.2, -0.15) is 5.10 Å². The molecule has 0 atom stereocenters. The predicted octanol–water partition coefficient (Wildman–Crippen LogP) is 1.67. The summed E-state index contributed by atoms with van der Waals surface area (Å²) in [5, 5.41) is 7.84. The zero-order valence-corrected chi connectivity index (χ0v) is 14.8. The molecule has 1 fully saturated rings. The van der Waals surface area contributed by atoms with Gasteiger partial charge < -0.3 is 20.9 Å². The van der Waals surface area contributed by atoms with Crippen molar-refractivity contribution in [3.63, 3.8) is 0 Å².